The fourth-order valence-electron chi connectivity index (χ4n) is 4.03. The second kappa shape index (κ2) is 10.0. The van der Waals surface area contributed by atoms with E-state index < -0.39 is 0 Å². The normalized spacial score (nSPS) is 21.9. The molecule has 0 saturated carbocycles. The molecule has 1 N–H and O–H groups in total. The van der Waals surface area contributed by atoms with Crippen molar-refractivity contribution in [3.63, 3.8) is 0 Å². The number of rotatable bonds is 5. The standard InChI is InChI=1S/C21H28N4OS.HI/c1-22-20(25-11-9-21(15-25)10-12-26-16-21)23-13-18-14-27-19(24-18)8-7-17-5-3-2-4-6-17;/h2-6,14H,7-13,15-16H2,1H3,(H,22,23);1H. The van der Waals surface area contributed by atoms with Crippen LogP contribution in [0, 0.1) is 5.41 Å². The predicted octanol–water partition coefficient (Wildman–Crippen LogP) is 3.73. The summed E-state index contributed by atoms with van der Waals surface area (Å²) in [6.07, 6.45) is 4.42. The Hall–Kier alpha value is -1.19. The van der Waals surface area contributed by atoms with Crippen molar-refractivity contribution in [1.29, 1.82) is 0 Å². The summed E-state index contributed by atoms with van der Waals surface area (Å²) < 4.78 is 5.64. The fourth-order valence-corrected chi connectivity index (χ4v) is 4.83. The largest absolute Gasteiger partial charge is 0.381 e. The monoisotopic (exact) mass is 512 g/mol. The van der Waals surface area contributed by atoms with Crippen molar-refractivity contribution in [3.05, 3.63) is 52.0 Å². The van der Waals surface area contributed by atoms with Gasteiger partial charge in [-0.25, -0.2) is 4.98 Å². The van der Waals surface area contributed by atoms with Gasteiger partial charge in [0.1, 0.15) is 0 Å². The topological polar surface area (TPSA) is 49.8 Å². The lowest BCUT2D eigenvalue weighted by atomic mass is 9.87. The highest BCUT2D eigenvalue weighted by Crippen LogP contribution is 2.38. The molecule has 1 unspecified atom stereocenters. The molecule has 1 aromatic heterocycles. The molecule has 1 spiro atoms. The quantitative estimate of drug-likeness (QED) is 0.377. The Morgan fingerprint density at radius 1 is 1.29 bits per heavy atom. The van der Waals surface area contributed by atoms with Crippen LogP contribution in [-0.4, -0.2) is 49.2 Å². The Labute approximate surface area is 188 Å². The predicted molar refractivity (Wildman–Crippen MR) is 126 cm³/mol. The second-order valence-electron chi connectivity index (χ2n) is 7.59. The van der Waals surface area contributed by atoms with E-state index in [4.69, 9.17) is 9.72 Å². The number of likely N-dealkylation sites (tertiary alicyclic amines) is 1. The molecule has 2 aliphatic rings. The Bertz CT molecular complexity index is 774. The Morgan fingerprint density at radius 3 is 2.89 bits per heavy atom. The first-order chi connectivity index (χ1) is 13.3. The summed E-state index contributed by atoms with van der Waals surface area (Å²) in [5, 5.41) is 6.87. The van der Waals surface area contributed by atoms with E-state index in [0.717, 1.165) is 57.3 Å². The average molecular weight is 512 g/mol. The maximum absolute atomic E-state index is 5.64. The molecule has 5 nitrogen and oxygen atoms in total. The minimum Gasteiger partial charge on any atom is -0.381 e. The van der Waals surface area contributed by atoms with Crippen molar-refractivity contribution in [1.82, 2.24) is 15.2 Å². The van der Waals surface area contributed by atoms with Gasteiger partial charge in [0.2, 0.25) is 0 Å². The maximum atomic E-state index is 5.64. The Kier molecular flexibility index (Phi) is 7.70. The molecule has 152 valence electrons. The zero-order chi connectivity index (χ0) is 18.5. The summed E-state index contributed by atoms with van der Waals surface area (Å²) in [4.78, 5) is 11.7. The smallest absolute Gasteiger partial charge is 0.193 e. The third kappa shape index (κ3) is 5.24. The number of aliphatic imine (C=N–C) groups is 1. The van der Waals surface area contributed by atoms with Gasteiger partial charge in [-0.2, -0.15) is 0 Å². The van der Waals surface area contributed by atoms with E-state index in [1.54, 1.807) is 11.3 Å². The summed E-state index contributed by atoms with van der Waals surface area (Å²) in [5.74, 6) is 0.984. The van der Waals surface area contributed by atoms with E-state index in [2.05, 4.69) is 50.9 Å². The molecule has 2 aliphatic heterocycles. The number of guanidine groups is 1. The molecule has 1 aromatic carbocycles. The minimum absolute atomic E-state index is 0. The van der Waals surface area contributed by atoms with Crippen LogP contribution in [-0.2, 0) is 24.1 Å². The number of halogens is 1. The van der Waals surface area contributed by atoms with Crippen LogP contribution in [0.15, 0.2) is 40.7 Å². The summed E-state index contributed by atoms with van der Waals surface area (Å²) in [7, 11) is 1.87. The summed E-state index contributed by atoms with van der Waals surface area (Å²) in [6.45, 7) is 4.64. The molecule has 0 radical (unpaired) electrons. The van der Waals surface area contributed by atoms with Gasteiger partial charge < -0.3 is 15.0 Å². The van der Waals surface area contributed by atoms with Gasteiger partial charge in [-0.1, -0.05) is 30.3 Å². The van der Waals surface area contributed by atoms with E-state index in [1.165, 1.54) is 23.4 Å². The first-order valence-corrected chi connectivity index (χ1v) is 10.6. The lowest BCUT2D eigenvalue weighted by Crippen LogP contribution is -2.41. The van der Waals surface area contributed by atoms with E-state index >= 15 is 0 Å². The molecule has 2 fully saturated rings. The third-order valence-electron chi connectivity index (χ3n) is 5.63. The lowest BCUT2D eigenvalue weighted by molar-refractivity contribution is 0.156. The van der Waals surface area contributed by atoms with Crippen molar-refractivity contribution in [3.8, 4) is 0 Å². The molecular formula is C21H29IN4OS. The highest BCUT2D eigenvalue weighted by atomic mass is 127. The number of ether oxygens (including phenoxy) is 1. The van der Waals surface area contributed by atoms with Crippen molar-refractivity contribution >= 4 is 41.3 Å². The van der Waals surface area contributed by atoms with Crippen LogP contribution in [0.25, 0.3) is 0 Å². The van der Waals surface area contributed by atoms with Crippen LogP contribution >= 0.6 is 35.3 Å². The van der Waals surface area contributed by atoms with E-state index in [0.29, 0.717) is 5.41 Å². The van der Waals surface area contributed by atoms with Crippen molar-refractivity contribution in [2.45, 2.75) is 32.2 Å². The van der Waals surface area contributed by atoms with Crippen LogP contribution in [0.4, 0.5) is 0 Å². The van der Waals surface area contributed by atoms with Gasteiger partial charge in [0, 0.05) is 44.0 Å². The third-order valence-corrected chi connectivity index (χ3v) is 6.59. The summed E-state index contributed by atoms with van der Waals surface area (Å²) in [6, 6.07) is 10.6. The zero-order valence-electron chi connectivity index (χ0n) is 16.4. The average Bonchev–Trinajstić information content (AvgIpc) is 3.45. The number of benzene rings is 1. The number of aryl methyl sites for hydroxylation is 2. The molecule has 0 bridgehead atoms. The van der Waals surface area contributed by atoms with Crippen LogP contribution in [0.1, 0.15) is 29.1 Å². The van der Waals surface area contributed by atoms with Gasteiger partial charge in [-0.3, -0.25) is 4.99 Å². The van der Waals surface area contributed by atoms with Crippen LogP contribution in [0.3, 0.4) is 0 Å². The molecular weight excluding hydrogens is 483 g/mol. The molecule has 4 rings (SSSR count). The molecule has 7 heteroatoms. The van der Waals surface area contributed by atoms with Crippen LogP contribution in [0.2, 0.25) is 0 Å². The van der Waals surface area contributed by atoms with E-state index in [-0.39, 0.29) is 24.0 Å². The zero-order valence-corrected chi connectivity index (χ0v) is 19.5. The number of nitrogens with one attached hydrogen (secondary N) is 1. The van der Waals surface area contributed by atoms with Gasteiger partial charge in [-0.05, 0) is 24.8 Å². The highest BCUT2D eigenvalue weighted by molar-refractivity contribution is 14.0. The number of hydrogen-bond donors (Lipinski definition) is 1. The molecule has 3 heterocycles. The van der Waals surface area contributed by atoms with Crippen LogP contribution < -0.4 is 5.32 Å². The van der Waals surface area contributed by atoms with Gasteiger partial charge >= 0.3 is 0 Å². The maximum Gasteiger partial charge on any atom is 0.193 e. The highest BCUT2D eigenvalue weighted by Gasteiger charge is 2.42. The van der Waals surface area contributed by atoms with Gasteiger partial charge in [-0.15, -0.1) is 35.3 Å². The lowest BCUT2D eigenvalue weighted by Gasteiger charge is -2.24. The number of aromatic nitrogens is 1. The fraction of sp³-hybridized carbons (Fsp3) is 0.524. The summed E-state index contributed by atoms with van der Waals surface area (Å²) in [5.41, 5.74) is 2.82. The minimum atomic E-state index is 0. The van der Waals surface area contributed by atoms with E-state index in [1.807, 2.05) is 7.05 Å². The SMILES string of the molecule is CN=C(NCc1csc(CCc2ccccc2)n1)N1CCC2(CCOC2)C1.I. The molecule has 0 aliphatic carbocycles. The first kappa shape index (κ1) is 21.5. The van der Waals surface area contributed by atoms with E-state index in [9.17, 15) is 0 Å². The van der Waals surface area contributed by atoms with Crippen molar-refractivity contribution in [2.75, 3.05) is 33.4 Å². The Morgan fingerprint density at radius 2 is 2.14 bits per heavy atom. The summed E-state index contributed by atoms with van der Waals surface area (Å²) >= 11 is 1.75. The van der Waals surface area contributed by atoms with Crippen molar-refractivity contribution in [2.24, 2.45) is 10.4 Å². The number of hydrogen-bond acceptors (Lipinski definition) is 4. The number of thiazole rings is 1. The molecule has 1 atom stereocenters. The van der Waals surface area contributed by atoms with Gasteiger partial charge in [0.15, 0.2) is 5.96 Å². The molecule has 28 heavy (non-hydrogen) atoms. The molecule has 0 amide bonds. The molecule has 2 saturated heterocycles. The van der Waals surface area contributed by atoms with Gasteiger partial charge in [0.05, 0.1) is 23.9 Å². The first-order valence-electron chi connectivity index (χ1n) is 9.77. The number of nitrogens with zero attached hydrogens (tertiary/aromatic N) is 3. The Balaban J connectivity index is 0.00000225. The molecule has 2 aromatic rings. The second-order valence-corrected chi connectivity index (χ2v) is 8.54. The van der Waals surface area contributed by atoms with Gasteiger partial charge in [0.25, 0.3) is 0 Å². The van der Waals surface area contributed by atoms with Crippen molar-refractivity contribution < 1.29 is 4.74 Å². The van der Waals surface area contributed by atoms with Crippen LogP contribution in [0.5, 0.6) is 0 Å².